The SMILES string of the molecule is CC(=O)c1ccc(NC(=O)CSc2nccn3nc(-c4ccccc4)cc23)cc1. The van der Waals surface area contributed by atoms with Crippen LogP contribution < -0.4 is 5.32 Å². The summed E-state index contributed by atoms with van der Waals surface area (Å²) in [4.78, 5) is 28.1. The molecule has 0 aliphatic rings. The van der Waals surface area contributed by atoms with Crippen LogP contribution in [0.5, 0.6) is 0 Å². The minimum Gasteiger partial charge on any atom is -0.325 e. The minimum atomic E-state index is -0.142. The summed E-state index contributed by atoms with van der Waals surface area (Å²) in [5, 5.41) is 8.17. The van der Waals surface area contributed by atoms with E-state index in [9.17, 15) is 9.59 Å². The third-order valence-corrected chi connectivity index (χ3v) is 5.33. The van der Waals surface area contributed by atoms with Gasteiger partial charge in [-0.25, -0.2) is 9.50 Å². The van der Waals surface area contributed by atoms with Crippen molar-refractivity contribution in [2.24, 2.45) is 0 Å². The number of nitrogens with zero attached hydrogens (tertiary/aromatic N) is 3. The zero-order valence-corrected chi connectivity index (χ0v) is 16.5. The molecule has 0 atom stereocenters. The van der Waals surface area contributed by atoms with Gasteiger partial charge in [0.15, 0.2) is 5.78 Å². The number of ketones is 1. The number of hydrogen-bond acceptors (Lipinski definition) is 5. The number of aromatic nitrogens is 3. The van der Waals surface area contributed by atoms with Gasteiger partial charge in [0.1, 0.15) is 5.03 Å². The number of anilines is 1. The van der Waals surface area contributed by atoms with E-state index in [2.05, 4.69) is 15.4 Å². The molecule has 4 aromatic rings. The molecule has 2 aromatic heterocycles. The molecule has 0 radical (unpaired) electrons. The highest BCUT2D eigenvalue weighted by atomic mass is 32.2. The van der Waals surface area contributed by atoms with Crippen molar-refractivity contribution in [1.29, 1.82) is 0 Å². The summed E-state index contributed by atoms with van der Waals surface area (Å²) in [6, 6.07) is 18.7. The first-order valence-corrected chi connectivity index (χ1v) is 10.0. The van der Waals surface area contributed by atoms with Gasteiger partial charge in [0.2, 0.25) is 5.91 Å². The van der Waals surface area contributed by atoms with Crippen LogP contribution in [0, 0.1) is 0 Å². The monoisotopic (exact) mass is 402 g/mol. The van der Waals surface area contributed by atoms with Gasteiger partial charge in [-0.3, -0.25) is 9.59 Å². The summed E-state index contributed by atoms with van der Waals surface area (Å²) < 4.78 is 1.77. The fourth-order valence-electron chi connectivity index (χ4n) is 2.88. The highest BCUT2D eigenvalue weighted by molar-refractivity contribution is 8.00. The second kappa shape index (κ2) is 8.28. The van der Waals surface area contributed by atoms with Crippen LogP contribution in [-0.2, 0) is 4.79 Å². The normalized spacial score (nSPS) is 10.8. The van der Waals surface area contributed by atoms with Crippen LogP contribution in [0.1, 0.15) is 17.3 Å². The van der Waals surface area contributed by atoms with Crippen molar-refractivity contribution in [3.63, 3.8) is 0 Å². The maximum atomic E-state index is 12.3. The molecule has 1 N–H and O–H groups in total. The van der Waals surface area contributed by atoms with Crippen LogP contribution in [0.3, 0.4) is 0 Å². The third-order valence-electron chi connectivity index (χ3n) is 4.34. The average molecular weight is 402 g/mol. The van der Waals surface area contributed by atoms with Gasteiger partial charge in [-0.05, 0) is 37.3 Å². The molecule has 4 rings (SSSR count). The summed E-state index contributed by atoms with van der Waals surface area (Å²) in [6.45, 7) is 1.51. The number of benzene rings is 2. The molecule has 6 nitrogen and oxygen atoms in total. The van der Waals surface area contributed by atoms with Gasteiger partial charge in [-0.1, -0.05) is 42.1 Å². The van der Waals surface area contributed by atoms with E-state index in [1.807, 2.05) is 36.4 Å². The Bertz CT molecular complexity index is 1170. The van der Waals surface area contributed by atoms with Crippen molar-refractivity contribution in [2.75, 3.05) is 11.1 Å². The van der Waals surface area contributed by atoms with Crippen molar-refractivity contribution in [1.82, 2.24) is 14.6 Å². The second-order valence-corrected chi connectivity index (χ2v) is 7.39. The van der Waals surface area contributed by atoms with E-state index in [0.717, 1.165) is 21.8 Å². The molecule has 0 saturated carbocycles. The molecular formula is C22H18N4O2S. The van der Waals surface area contributed by atoms with E-state index < -0.39 is 0 Å². The lowest BCUT2D eigenvalue weighted by molar-refractivity contribution is -0.113. The number of fused-ring (bicyclic) bond motifs is 1. The number of carbonyl (C=O) groups excluding carboxylic acids is 2. The van der Waals surface area contributed by atoms with Crippen molar-refractivity contribution >= 4 is 34.7 Å². The Morgan fingerprint density at radius 3 is 2.55 bits per heavy atom. The van der Waals surface area contributed by atoms with Crippen LogP contribution in [0.4, 0.5) is 5.69 Å². The number of rotatable bonds is 6. The molecule has 0 saturated heterocycles. The van der Waals surface area contributed by atoms with Crippen LogP contribution in [-0.4, -0.2) is 32.0 Å². The van der Waals surface area contributed by atoms with Gasteiger partial charge in [0, 0.05) is 29.2 Å². The van der Waals surface area contributed by atoms with Gasteiger partial charge >= 0.3 is 0 Å². The van der Waals surface area contributed by atoms with E-state index in [1.54, 1.807) is 41.2 Å². The quantitative estimate of drug-likeness (QED) is 0.384. The molecule has 2 heterocycles. The van der Waals surface area contributed by atoms with E-state index in [-0.39, 0.29) is 17.4 Å². The lowest BCUT2D eigenvalue weighted by Gasteiger charge is -2.06. The van der Waals surface area contributed by atoms with Gasteiger partial charge < -0.3 is 5.32 Å². The average Bonchev–Trinajstić information content (AvgIpc) is 3.18. The zero-order chi connectivity index (χ0) is 20.2. The maximum absolute atomic E-state index is 12.3. The van der Waals surface area contributed by atoms with Crippen LogP contribution in [0.15, 0.2) is 78.1 Å². The van der Waals surface area contributed by atoms with Gasteiger partial charge in [0.05, 0.1) is 17.0 Å². The smallest absolute Gasteiger partial charge is 0.234 e. The zero-order valence-electron chi connectivity index (χ0n) is 15.7. The molecular weight excluding hydrogens is 384 g/mol. The Labute approximate surface area is 172 Å². The van der Waals surface area contributed by atoms with E-state index in [1.165, 1.54) is 18.7 Å². The Hall–Kier alpha value is -3.45. The number of thioether (sulfide) groups is 1. The minimum absolute atomic E-state index is 0.00622. The fraction of sp³-hybridized carbons (Fsp3) is 0.0909. The molecule has 0 aliphatic carbocycles. The van der Waals surface area contributed by atoms with Crippen LogP contribution >= 0.6 is 11.8 Å². The van der Waals surface area contributed by atoms with Crippen molar-refractivity contribution in [3.8, 4) is 11.3 Å². The first kappa shape index (κ1) is 18.9. The first-order valence-electron chi connectivity index (χ1n) is 9.03. The van der Waals surface area contributed by atoms with Crippen molar-refractivity contribution in [2.45, 2.75) is 11.9 Å². The predicted molar refractivity (Wildman–Crippen MR) is 114 cm³/mol. The standard InChI is InChI=1S/C22H18N4O2S/c1-15(27)16-7-9-18(10-8-16)24-21(28)14-29-22-20-13-19(17-5-3-2-4-6-17)25-26(20)12-11-23-22/h2-13H,14H2,1H3,(H,24,28). The summed E-state index contributed by atoms with van der Waals surface area (Å²) in [5.41, 5.74) is 4.01. The molecule has 0 bridgehead atoms. The molecule has 2 aromatic carbocycles. The molecule has 0 fully saturated rings. The predicted octanol–water partition coefficient (Wildman–Crippen LogP) is 4.33. The second-order valence-electron chi connectivity index (χ2n) is 6.43. The molecule has 0 unspecified atom stereocenters. The molecule has 0 spiro atoms. The van der Waals surface area contributed by atoms with Crippen molar-refractivity contribution < 1.29 is 9.59 Å². The Kier molecular flexibility index (Phi) is 5.39. The Balaban J connectivity index is 1.46. The van der Waals surface area contributed by atoms with Gasteiger partial charge in [0.25, 0.3) is 0 Å². The fourth-order valence-corrected chi connectivity index (χ4v) is 3.65. The molecule has 1 amide bonds. The summed E-state index contributed by atoms with van der Waals surface area (Å²) >= 11 is 1.36. The molecule has 0 aliphatic heterocycles. The van der Waals surface area contributed by atoms with E-state index in [0.29, 0.717) is 11.3 Å². The lowest BCUT2D eigenvalue weighted by Crippen LogP contribution is -2.14. The Morgan fingerprint density at radius 1 is 1.07 bits per heavy atom. The molecule has 29 heavy (non-hydrogen) atoms. The number of nitrogens with one attached hydrogen (secondary N) is 1. The first-order chi connectivity index (χ1) is 14.1. The lowest BCUT2D eigenvalue weighted by atomic mass is 10.1. The van der Waals surface area contributed by atoms with Crippen LogP contribution in [0.25, 0.3) is 16.8 Å². The Morgan fingerprint density at radius 2 is 1.83 bits per heavy atom. The molecule has 7 heteroatoms. The summed E-state index contributed by atoms with van der Waals surface area (Å²) in [7, 11) is 0. The van der Waals surface area contributed by atoms with E-state index >= 15 is 0 Å². The summed E-state index contributed by atoms with van der Waals surface area (Å²) in [6.07, 6.45) is 3.47. The number of carbonyl (C=O) groups is 2. The van der Waals surface area contributed by atoms with Crippen molar-refractivity contribution in [3.05, 3.63) is 78.6 Å². The number of amides is 1. The summed E-state index contributed by atoms with van der Waals surface area (Å²) in [5.74, 6) is 0.0675. The highest BCUT2D eigenvalue weighted by Gasteiger charge is 2.11. The van der Waals surface area contributed by atoms with Gasteiger partial charge in [-0.2, -0.15) is 5.10 Å². The highest BCUT2D eigenvalue weighted by Crippen LogP contribution is 2.26. The number of hydrogen-bond donors (Lipinski definition) is 1. The maximum Gasteiger partial charge on any atom is 0.234 e. The number of Topliss-reactive ketones (excluding diaryl/α,β-unsaturated/α-hetero) is 1. The topological polar surface area (TPSA) is 76.4 Å². The largest absolute Gasteiger partial charge is 0.325 e. The van der Waals surface area contributed by atoms with E-state index in [4.69, 9.17) is 0 Å². The van der Waals surface area contributed by atoms with Gasteiger partial charge in [-0.15, -0.1) is 0 Å². The van der Waals surface area contributed by atoms with Crippen LogP contribution in [0.2, 0.25) is 0 Å². The third kappa shape index (κ3) is 4.35. The molecule has 144 valence electrons.